The molecule has 0 saturated heterocycles. The van der Waals surface area contributed by atoms with E-state index >= 15 is 0 Å². The van der Waals surface area contributed by atoms with E-state index in [4.69, 9.17) is 11.6 Å². The van der Waals surface area contributed by atoms with Gasteiger partial charge in [0.25, 0.3) is 0 Å². The highest BCUT2D eigenvalue weighted by atomic mass is 35.5. The first-order valence-electron chi connectivity index (χ1n) is 9.09. The molecular weight excluding hydrogens is 328 g/mol. The van der Waals surface area contributed by atoms with Gasteiger partial charge in [-0.1, -0.05) is 79.6 Å². The van der Waals surface area contributed by atoms with Gasteiger partial charge in [0.15, 0.2) is 0 Å². The number of rotatable bonds is 7. The molecule has 2 nitrogen and oxygen atoms in total. The second-order valence-electron chi connectivity index (χ2n) is 7.20. The zero-order chi connectivity index (χ0) is 17.7. The van der Waals surface area contributed by atoms with Crippen molar-refractivity contribution < 1.29 is 0 Å². The van der Waals surface area contributed by atoms with Crippen molar-refractivity contribution in [3.05, 3.63) is 83.1 Å². The van der Waals surface area contributed by atoms with E-state index in [1.807, 2.05) is 24.3 Å². The van der Waals surface area contributed by atoms with E-state index in [-0.39, 0.29) is 5.54 Å². The van der Waals surface area contributed by atoms with Gasteiger partial charge in [0, 0.05) is 11.1 Å². The molecule has 1 saturated carbocycles. The molecule has 1 aliphatic rings. The van der Waals surface area contributed by atoms with Gasteiger partial charge in [-0.2, -0.15) is 0 Å². The quantitative estimate of drug-likeness (QED) is 0.696. The first kappa shape index (κ1) is 17.9. The molecule has 2 aromatic rings. The van der Waals surface area contributed by atoms with Crippen LogP contribution in [-0.4, -0.2) is 6.04 Å². The highest BCUT2D eigenvalue weighted by molar-refractivity contribution is 6.31. The van der Waals surface area contributed by atoms with Crippen LogP contribution in [0, 0.1) is 0 Å². The number of benzene rings is 2. The summed E-state index contributed by atoms with van der Waals surface area (Å²) in [5.41, 5.74) is 2.03. The van der Waals surface area contributed by atoms with Gasteiger partial charge in [0.05, 0.1) is 11.4 Å². The van der Waals surface area contributed by atoms with Gasteiger partial charge in [-0.05, 0) is 43.4 Å². The molecule has 0 amide bonds. The Morgan fingerprint density at radius 2 is 1.72 bits per heavy atom. The van der Waals surface area contributed by atoms with Gasteiger partial charge in [-0.25, -0.2) is 0 Å². The summed E-state index contributed by atoms with van der Waals surface area (Å²) in [5.74, 6) is 0.880. The monoisotopic (exact) mass is 354 g/mol. The van der Waals surface area contributed by atoms with Crippen molar-refractivity contribution in [2.24, 2.45) is 0 Å². The van der Waals surface area contributed by atoms with Gasteiger partial charge < -0.3 is 10.6 Å². The molecule has 1 aliphatic carbocycles. The minimum absolute atomic E-state index is 0.331. The molecule has 0 bridgehead atoms. The molecular formula is C22H27ClN2. The smallest absolute Gasteiger partial charge is 0.0921 e. The normalized spacial score (nSPS) is 17.0. The Bertz CT molecular complexity index is 707. The fraction of sp³-hybridized carbons (Fsp3) is 0.364. The van der Waals surface area contributed by atoms with Crippen molar-refractivity contribution in [3.63, 3.8) is 0 Å². The van der Waals surface area contributed by atoms with E-state index in [1.165, 1.54) is 31.2 Å². The lowest BCUT2D eigenvalue weighted by Crippen LogP contribution is -2.46. The van der Waals surface area contributed by atoms with Crippen molar-refractivity contribution in [2.45, 2.75) is 50.6 Å². The highest BCUT2D eigenvalue weighted by Crippen LogP contribution is 2.32. The van der Waals surface area contributed by atoms with E-state index in [2.05, 4.69) is 54.5 Å². The number of hydrogen-bond donors (Lipinski definition) is 2. The Labute approximate surface area is 156 Å². The third-order valence-corrected chi connectivity index (χ3v) is 5.36. The Hall–Kier alpha value is -1.93. The first-order valence-corrected chi connectivity index (χ1v) is 9.47. The van der Waals surface area contributed by atoms with Crippen LogP contribution in [-0.2, 0) is 12.0 Å². The molecule has 3 heteroatoms. The van der Waals surface area contributed by atoms with Gasteiger partial charge in [0.2, 0.25) is 0 Å². The summed E-state index contributed by atoms with van der Waals surface area (Å²) >= 11 is 6.54. The Kier molecular flexibility index (Phi) is 5.70. The van der Waals surface area contributed by atoms with Crippen molar-refractivity contribution in [1.29, 1.82) is 0 Å². The second kappa shape index (κ2) is 7.97. The van der Waals surface area contributed by atoms with E-state index in [0.717, 1.165) is 22.8 Å². The van der Waals surface area contributed by atoms with Crippen LogP contribution in [0.5, 0.6) is 0 Å². The second-order valence-corrected chi connectivity index (χ2v) is 7.61. The van der Waals surface area contributed by atoms with E-state index in [9.17, 15) is 0 Å². The summed E-state index contributed by atoms with van der Waals surface area (Å²) in [5, 5.41) is 7.98. The lowest BCUT2D eigenvalue weighted by atomic mass is 9.85. The molecule has 25 heavy (non-hydrogen) atoms. The fourth-order valence-corrected chi connectivity index (χ4v) is 4.15. The summed E-state index contributed by atoms with van der Waals surface area (Å²) in [4.78, 5) is 0. The molecule has 1 fully saturated rings. The van der Waals surface area contributed by atoms with Crippen LogP contribution in [0.3, 0.4) is 0 Å². The molecule has 0 spiro atoms. The van der Waals surface area contributed by atoms with Crippen molar-refractivity contribution in [1.82, 2.24) is 10.6 Å². The molecule has 0 aromatic heterocycles. The standard InChI is InChI=1S/C22H27ClN2/c1-17(24-19-12-6-7-13-19)25-22(2,16-18-10-4-3-5-11-18)20-14-8-9-15-21(20)23/h3-5,8-11,14-15,19,24-25H,1,6-7,12-13,16H2,2H3. The topological polar surface area (TPSA) is 24.1 Å². The third-order valence-electron chi connectivity index (χ3n) is 5.03. The van der Waals surface area contributed by atoms with Crippen LogP contribution < -0.4 is 10.6 Å². The van der Waals surface area contributed by atoms with Crippen LogP contribution in [0.1, 0.15) is 43.7 Å². The number of halogens is 1. The Balaban J connectivity index is 1.83. The predicted octanol–water partition coefficient (Wildman–Crippen LogP) is 5.39. The summed E-state index contributed by atoms with van der Waals surface area (Å²) in [7, 11) is 0. The lowest BCUT2D eigenvalue weighted by molar-refractivity contribution is 0.377. The fourth-order valence-electron chi connectivity index (χ4n) is 3.81. The van der Waals surface area contributed by atoms with E-state index < -0.39 is 0 Å². The first-order chi connectivity index (χ1) is 12.1. The maximum atomic E-state index is 6.54. The van der Waals surface area contributed by atoms with Crippen LogP contribution in [0.2, 0.25) is 5.02 Å². The molecule has 2 aromatic carbocycles. The van der Waals surface area contributed by atoms with Crippen molar-refractivity contribution in [2.75, 3.05) is 0 Å². The van der Waals surface area contributed by atoms with Crippen LogP contribution in [0.25, 0.3) is 0 Å². The minimum Gasteiger partial charge on any atom is -0.370 e. The maximum absolute atomic E-state index is 6.54. The van der Waals surface area contributed by atoms with Gasteiger partial charge in [-0.15, -0.1) is 0 Å². The average molecular weight is 355 g/mol. The summed E-state index contributed by atoms with van der Waals surface area (Å²) in [6, 6.07) is 19.1. The van der Waals surface area contributed by atoms with Gasteiger partial charge >= 0.3 is 0 Å². The summed E-state index contributed by atoms with van der Waals surface area (Å²) in [6.07, 6.45) is 5.89. The van der Waals surface area contributed by atoms with E-state index in [0.29, 0.717) is 6.04 Å². The molecule has 3 rings (SSSR count). The van der Waals surface area contributed by atoms with Crippen molar-refractivity contribution in [3.8, 4) is 0 Å². The zero-order valence-electron chi connectivity index (χ0n) is 14.9. The van der Waals surface area contributed by atoms with Crippen LogP contribution in [0.4, 0.5) is 0 Å². The third kappa shape index (κ3) is 4.58. The number of nitrogens with one attached hydrogen (secondary N) is 2. The van der Waals surface area contributed by atoms with Crippen molar-refractivity contribution >= 4 is 11.6 Å². The SMILES string of the molecule is C=C(NC1CCCC1)NC(C)(Cc1ccccc1)c1ccccc1Cl. The average Bonchev–Trinajstić information content (AvgIpc) is 3.08. The molecule has 2 N–H and O–H groups in total. The number of hydrogen-bond acceptors (Lipinski definition) is 2. The highest BCUT2D eigenvalue weighted by Gasteiger charge is 2.30. The maximum Gasteiger partial charge on any atom is 0.0921 e. The molecule has 0 heterocycles. The van der Waals surface area contributed by atoms with Gasteiger partial charge in [0.1, 0.15) is 0 Å². The minimum atomic E-state index is -0.331. The lowest BCUT2D eigenvalue weighted by Gasteiger charge is -2.35. The molecule has 132 valence electrons. The molecule has 0 aliphatic heterocycles. The Morgan fingerprint density at radius 3 is 2.40 bits per heavy atom. The largest absolute Gasteiger partial charge is 0.370 e. The Morgan fingerprint density at radius 1 is 1.08 bits per heavy atom. The van der Waals surface area contributed by atoms with Gasteiger partial charge in [-0.3, -0.25) is 0 Å². The zero-order valence-corrected chi connectivity index (χ0v) is 15.7. The summed E-state index contributed by atoms with van der Waals surface area (Å²) < 4.78 is 0. The predicted molar refractivity (Wildman–Crippen MR) is 107 cm³/mol. The molecule has 1 atom stereocenters. The molecule has 0 radical (unpaired) electrons. The molecule has 1 unspecified atom stereocenters. The summed E-state index contributed by atoms with van der Waals surface area (Å²) in [6.45, 7) is 6.43. The van der Waals surface area contributed by atoms with E-state index in [1.54, 1.807) is 0 Å². The van der Waals surface area contributed by atoms with Crippen LogP contribution in [0.15, 0.2) is 67.0 Å². The van der Waals surface area contributed by atoms with Crippen LogP contribution >= 0.6 is 11.6 Å².